The van der Waals surface area contributed by atoms with Gasteiger partial charge in [-0.1, -0.05) is 116 Å². The lowest BCUT2D eigenvalue weighted by molar-refractivity contribution is 0.0828. The molecule has 240 valence electrons. The number of hydrogen-bond acceptors (Lipinski definition) is 3. The van der Waals surface area contributed by atoms with Crippen molar-refractivity contribution < 1.29 is 14.0 Å². The molecule has 0 fully saturated rings. The highest BCUT2D eigenvalue weighted by molar-refractivity contribution is 6.32. The molecule has 0 saturated heterocycles. The summed E-state index contributed by atoms with van der Waals surface area (Å²) in [6.07, 6.45) is 9.40. The van der Waals surface area contributed by atoms with Gasteiger partial charge in [0, 0.05) is 0 Å². The maximum Gasteiger partial charge on any atom is 0.168 e. The van der Waals surface area contributed by atoms with E-state index in [0.29, 0.717) is 0 Å². The van der Waals surface area contributed by atoms with Crippen molar-refractivity contribution in [3.05, 3.63) is 88.5 Å². The maximum atomic E-state index is 10.6. The zero-order chi connectivity index (χ0) is 32.7. The number of aliphatic hydroxyl groups is 1. The third-order valence-electron chi connectivity index (χ3n) is 8.18. The Morgan fingerprint density at radius 2 is 1.23 bits per heavy atom. The Hall–Kier alpha value is -1.77. The summed E-state index contributed by atoms with van der Waals surface area (Å²) in [5.41, 5.74) is 6.10. The summed E-state index contributed by atoms with van der Waals surface area (Å²) in [4.78, 5) is 0. The van der Waals surface area contributed by atoms with E-state index in [4.69, 9.17) is 8.85 Å². The zero-order valence-corrected chi connectivity index (χ0v) is 32.6. The Labute approximate surface area is 269 Å². The molecule has 0 aliphatic rings. The topological polar surface area (TPSA) is 38.7 Å². The molecular formula is C38H62O3Si2. The molecule has 2 aromatic rings. The summed E-state index contributed by atoms with van der Waals surface area (Å²) in [5, 5.41) is 11.0. The third kappa shape index (κ3) is 12.3. The highest BCUT2D eigenvalue weighted by Crippen LogP contribution is 2.39. The van der Waals surface area contributed by atoms with Crippen LogP contribution in [-0.4, -0.2) is 30.2 Å². The molecule has 5 heteroatoms. The summed E-state index contributed by atoms with van der Waals surface area (Å²) in [6, 6.07) is 15.8. The molecule has 0 bridgehead atoms. The average molecular weight is 623 g/mol. The second-order valence-corrected chi connectivity index (χ2v) is 21.2. The van der Waals surface area contributed by atoms with Gasteiger partial charge in [-0.2, -0.15) is 0 Å². The van der Waals surface area contributed by atoms with Crippen LogP contribution in [0, 0.1) is 0 Å². The van der Waals surface area contributed by atoms with Crippen LogP contribution in [0.4, 0.5) is 0 Å². The third-order valence-corrected chi connectivity index (χ3v) is 11.6. The Bertz CT molecular complexity index is 1240. The van der Waals surface area contributed by atoms with Crippen molar-refractivity contribution in [2.24, 2.45) is 0 Å². The van der Waals surface area contributed by atoms with Crippen LogP contribution >= 0.6 is 0 Å². The van der Waals surface area contributed by atoms with Crippen molar-refractivity contribution in [1.82, 2.24) is 0 Å². The van der Waals surface area contributed by atoms with Gasteiger partial charge in [-0.15, -0.1) is 0 Å². The van der Waals surface area contributed by atoms with Gasteiger partial charge in [-0.3, -0.25) is 0 Å². The fraction of sp³-hybridized carbons (Fsp3) is 0.579. The smallest absolute Gasteiger partial charge is 0.168 e. The van der Waals surface area contributed by atoms with Crippen molar-refractivity contribution in [2.45, 2.75) is 143 Å². The largest absolute Gasteiger partial charge is 0.415 e. The fourth-order valence-electron chi connectivity index (χ4n) is 4.93. The maximum absolute atomic E-state index is 10.6. The van der Waals surface area contributed by atoms with Crippen molar-refractivity contribution in [2.75, 3.05) is 0 Å². The van der Waals surface area contributed by atoms with E-state index in [-0.39, 0.29) is 21.3 Å². The molecule has 2 rings (SSSR count). The summed E-state index contributed by atoms with van der Waals surface area (Å²) < 4.78 is 13.5. The van der Waals surface area contributed by atoms with Crippen LogP contribution in [0.25, 0.3) is 5.57 Å². The average Bonchev–Trinajstić information content (AvgIpc) is 2.93. The molecule has 0 atom stereocenters. The quantitative estimate of drug-likeness (QED) is 0.169. The predicted octanol–water partition coefficient (Wildman–Crippen LogP) is 9.09. The highest BCUT2D eigenvalue weighted by atomic mass is 28.2. The first-order valence-corrected chi connectivity index (χ1v) is 18.9. The molecule has 0 aromatic heterocycles. The highest BCUT2D eigenvalue weighted by Gasteiger charge is 2.34. The monoisotopic (exact) mass is 622 g/mol. The number of aryl methyl sites for hydroxylation is 2. The molecule has 3 nitrogen and oxygen atoms in total. The van der Waals surface area contributed by atoms with Crippen LogP contribution < -0.4 is 0 Å². The first kappa shape index (κ1) is 37.4. The van der Waals surface area contributed by atoms with Crippen LogP contribution in [0.15, 0.2) is 60.7 Å². The lowest BCUT2D eigenvalue weighted by Gasteiger charge is -2.38. The SMILES string of the molecule is CCC(O)(C=CC=C(C)c1cccc(CCc2ccc(C(C)(C)O[SiH2]C(C)(C)C)c(C(C)(C)O[SiH2]C(C)(C)C)c2)c1)CC. The Balaban J connectivity index is 2.34. The summed E-state index contributed by atoms with van der Waals surface area (Å²) >= 11 is 0. The molecule has 0 saturated carbocycles. The first-order valence-electron chi connectivity index (χ1n) is 16.3. The van der Waals surface area contributed by atoms with Crippen molar-refractivity contribution in [3.8, 4) is 0 Å². The standard InChI is InChI=1S/C38H62O3Si2/c1-14-38(39,15-2)25-17-18-28(3)31-20-16-19-29(26-31)21-22-30-23-24-32(36(10,11)40-42-34(4,5)6)33(27-30)37(12,13)41-43-35(7,8)9/h16-20,23-27,39H,14-15,21-22,42-43H2,1-13H3. The van der Waals surface area contributed by atoms with Crippen molar-refractivity contribution in [1.29, 1.82) is 0 Å². The molecule has 43 heavy (non-hydrogen) atoms. The molecule has 0 aliphatic carbocycles. The lowest BCUT2D eigenvalue weighted by atomic mass is 9.84. The second kappa shape index (κ2) is 15.0. The molecular weight excluding hydrogens is 561 g/mol. The number of rotatable bonds is 14. The molecule has 0 aliphatic heterocycles. The van der Waals surface area contributed by atoms with E-state index in [1.165, 1.54) is 33.4 Å². The molecule has 0 amide bonds. The minimum absolute atomic E-state index is 0.223. The molecule has 0 heterocycles. The van der Waals surface area contributed by atoms with Gasteiger partial charge in [0.2, 0.25) is 0 Å². The van der Waals surface area contributed by atoms with E-state index in [2.05, 4.69) is 125 Å². The van der Waals surface area contributed by atoms with Gasteiger partial charge in [0.05, 0.1) is 16.8 Å². The van der Waals surface area contributed by atoms with E-state index < -0.39 is 25.1 Å². The van der Waals surface area contributed by atoms with Gasteiger partial charge < -0.3 is 14.0 Å². The van der Waals surface area contributed by atoms with Gasteiger partial charge in [-0.25, -0.2) is 0 Å². The Kier molecular flexibility index (Phi) is 13.1. The van der Waals surface area contributed by atoms with Gasteiger partial charge >= 0.3 is 0 Å². The minimum Gasteiger partial charge on any atom is -0.415 e. The van der Waals surface area contributed by atoms with Gasteiger partial charge in [0.25, 0.3) is 0 Å². The minimum atomic E-state index is -0.744. The fourth-order valence-corrected chi connectivity index (χ4v) is 6.83. The van der Waals surface area contributed by atoms with E-state index in [9.17, 15) is 5.11 Å². The van der Waals surface area contributed by atoms with Gasteiger partial charge in [0.1, 0.15) is 0 Å². The number of benzene rings is 2. The zero-order valence-electron chi connectivity index (χ0n) is 29.8. The number of hydrogen-bond donors (Lipinski definition) is 1. The van der Waals surface area contributed by atoms with Gasteiger partial charge in [-0.05, 0) is 104 Å². The van der Waals surface area contributed by atoms with Crippen molar-refractivity contribution >= 4 is 25.1 Å². The molecule has 0 spiro atoms. The Morgan fingerprint density at radius 1 is 0.721 bits per heavy atom. The summed E-state index contributed by atoms with van der Waals surface area (Å²) in [6.45, 7) is 28.8. The molecule has 1 N–H and O–H groups in total. The normalized spacial score (nSPS) is 14.7. The van der Waals surface area contributed by atoms with Gasteiger partial charge in [0.15, 0.2) is 19.5 Å². The van der Waals surface area contributed by atoms with E-state index in [1.807, 2.05) is 26.0 Å². The number of allylic oxidation sites excluding steroid dienone is 3. The Morgan fingerprint density at radius 3 is 1.74 bits per heavy atom. The summed E-state index contributed by atoms with van der Waals surface area (Å²) in [7, 11) is -1.47. The molecule has 0 unspecified atom stereocenters. The van der Waals surface area contributed by atoms with Crippen LogP contribution in [0.2, 0.25) is 10.1 Å². The lowest BCUT2D eigenvalue weighted by Crippen LogP contribution is -2.34. The van der Waals surface area contributed by atoms with Crippen LogP contribution in [0.5, 0.6) is 0 Å². The van der Waals surface area contributed by atoms with Crippen LogP contribution in [0.3, 0.4) is 0 Å². The van der Waals surface area contributed by atoms with E-state index in [1.54, 1.807) is 0 Å². The predicted molar refractivity (Wildman–Crippen MR) is 193 cm³/mol. The van der Waals surface area contributed by atoms with Crippen LogP contribution in [0.1, 0.15) is 131 Å². The molecule has 0 radical (unpaired) electrons. The van der Waals surface area contributed by atoms with E-state index >= 15 is 0 Å². The summed E-state index contributed by atoms with van der Waals surface area (Å²) in [5.74, 6) is 0. The molecule has 2 aromatic carbocycles. The first-order chi connectivity index (χ1) is 19.7. The second-order valence-electron chi connectivity index (χ2n) is 15.8. The van der Waals surface area contributed by atoms with E-state index in [0.717, 1.165) is 25.7 Å². The van der Waals surface area contributed by atoms with Crippen molar-refractivity contribution in [3.63, 3.8) is 0 Å². The van der Waals surface area contributed by atoms with Crippen LogP contribution in [-0.2, 0) is 32.9 Å².